The summed E-state index contributed by atoms with van der Waals surface area (Å²) in [6.07, 6.45) is 11.8. The van der Waals surface area contributed by atoms with Gasteiger partial charge in [-0.25, -0.2) is 4.79 Å². The monoisotopic (exact) mass is 964 g/mol. The summed E-state index contributed by atoms with van der Waals surface area (Å²) in [4.78, 5) is 24.1. The Morgan fingerprint density at radius 2 is 0.735 bits per heavy atom. The fraction of sp³-hybridized carbons (Fsp3) is 0.731. The Labute approximate surface area is 406 Å². The van der Waals surface area contributed by atoms with Crippen molar-refractivity contribution in [2.75, 3.05) is 165 Å². The van der Waals surface area contributed by atoms with Crippen molar-refractivity contribution in [1.82, 2.24) is 5.32 Å². The Balaban J connectivity index is 0.903. The molecule has 388 valence electrons. The molecule has 1 aliphatic carbocycles. The van der Waals surface area contributed by atoms with E-state index in [1.807, 2.05) is 24.3 Å². The third-order valence-electron chi connectivity index (χ3n) is 10.8. The molecule has 68 heavy (non-hydrogen) atoms. The number of hydrogen-bond donors (Lipinski definition) is 1. The van der Waals surface area contributed by atoms with Gasteiger partial charge in [0.05, 0.1) is 139 Å². The van der Waals surface area contributed by atoms with E-state index >= 15 is 0 Å². The molecule has 0 saturated carbocycles. The van der Waals surface area contributed by atoms with Gasteiger partial charge in [0, 0.05) is 25.5 Å². The van der Waals surface area contributed by atoms with E-state index in [-0.39, 0.29) is 18.5 Å². The van der Waals surface area contributed by atoms with Gasteiger partial charge in [-0.05, 0) is 35.1 Å². The molecule has 2 aromatic carbocycles. The number of nitrogens with one attached hydrogen (secondary N) is 1. The Morgan fingerprint density at radius 1 is 0.397 bits per heavy atom. The van der Waals surface area contributed by atoms with Gasteiger partial charge >= 0.3 is 12.1 Å². The number of rotatable bonds is 49. The number of carbonyl (C=O) groups excluding carboxylic acids is 2. The van der Waals surface area contributed by atoms with Gasteiger partial charge in [0.2, 0.25) is 0 Å². The minimum Gasteiger partial charge on any atom is -0.463 e. The van der Waals surface area contributed by atoms with Crippen LogP contribution < -0.4 is 5.32 Å². The number of ether oxygens (including phenoxy) is 13. The zero-order valence-electron chi connectivity index (χ0n) is 41.3. The first-order valence-electron chi connectivity index (χ1n) is 25.3. The summed E-state index contributed by atoms with van der Waals surface area (Å²) < 4.78 is 71.6. The van der Waals surface area contributed by atoms with Crippen LogP contribution in [0.2, 0.25) is 0 Å². The average Bonchev–Trinajstić information content (AvgIpc) is 3.68. The van der Waals surface area contributed by atoms with Crippen LogP contribution in [-0.2, 0) is 66.4 Å². The number of amides is 1. The zero-order chi connectivity index (χ0) is 48.1. The SMILES string of the molecule is CCCCCCCCCCCC(=O)OCCOCCOCCOCCOCCOCCOCCOCCOCCOCCOCCOCCCNC(=O)OCC1c2ccccc2-c2ccccc21. The van der Waals surface area contributed by atoms with Crippen LogP contribution in [0.15, 0.2) is 48.5 Å². The highest BCUT2D eigenvalue weighted by molar-refractivity contribution is 5.79. The third kappa shape index (κ3) is 31.1. The van der Waals surface area contributed by atoms with E-state index in [4.69, 9.17) is 61.6 Å². The minimum absolute atomic E-state index is 0.0451. The van der Waals surface area contributed by atoms with Gasteiger partial charge in [-0.3, -0.25) is 4.79 Å². The number of alkyl carbamates (subject to hydrolysis) is 1. The summed E-state index contributed by atoms with van der Waals surface area (Å²) in [5.41, 5.74) is 4.80. The lowest BCUT2D eigenvalue weighted by Gasteiger charge is -2.14. The molecule has 16 heteroatoms. The Morgan fingerprint density at radius 3 is 1.13 bits per heavy atom. The van der Waals surface area contributed by atoms with Gasteiger partial charge in [-0.15, -0.1) is 0 Å². The second-order valence-corrected chi connectivity index (χ2v) is 16.1. The lowest BCUT2D eigenvalue weighted by Crippen LogP contribution is -2.27. The molecule has 0 radical (unpaired) electrons. The summed E-state index contributed by atoms with van der Waals surface area (Å²) in [7, 11) is 0. The second-order valence-electron chi connectivity index (χ2n) is 16.1. The van der Waals surface area contributed by atoms with Crippen LogP contribution in [0.5, 0.6) is 0 Å². The van der Waals surface area contributed by atoms with Crippen LogP contribution in [0.4, 0.5) is 4.79 Å². The topological polar surface area (TPSA) is 166 Å². The molecule has 3 rings (SSSR count). The minimum atomic E-state index is -0.418. The molecule has 0 saturated heterocycles. The second kappa shape index (κ2) is 43.7. The fourth-order valence-corrected chi connectivity index (χ4v) is 7.18. The predicted octanol–water partition coefficient (Wildman–Crippen LogP) is 7.56. The zero-order valence-corrected chi connectivity index (χ0v) is 41.3. The van der Waals surface area contributed by atoms with Crippen molar-refractivity contribution in [3.63, 3.8) is 0 Å². The molecule has 0 heterocycles. The molecule has 16 nitrogen and oxygen atoms in total. The summed E-state index contributed by atoms with van der Waals surface area (Å²) in [5, 5.41) is 2.81. The summed E-state index contributed by atoms with van der Waals surface area (Å²) in [6, 6.07) is 16.6. The van der Waals surface area contributed by atoms with Crippen LogP contribution in [-0.4, -0.2) is 177 Å². The Hall–Kier alpha value is -3.26. The van der Waals surface area contributed by atoms with E-state index in [2.05, 4.69) is 36.5 Å². The van der Waals surface area contributed by atoms with Gasteiger partial charge < -0.3 is 66.9 Å². The van der Waals surface area contributed by atoms with Crippen molar-refractivity contribution in [2.45, 2.75) is 83.5 Å². The Kier molecular flexibility index (Phi) is 38.0. The molecule has 0 atom stereocenters. The van der Waals surface area contributed by atoms with Crippen LogP contribution in [0, 0.1) is 0 Å². The van der Waals surface area contributed by atoms with Gasteiger partial charge in [-0.1, -0.05) is 107 Å². The predicted molar refractivity (Wildman–Crippen MR) is 260 cm³/mol. The first-order valence-corrected chi connectivity index (χ1v) is 25.3. The van der Waals surface area contributed by atoms with E-state index in [9.17, 15) is 9.59 Å². The number of esters is 1. The Bertz CT molecular complexity index is 1440. The van der Waals surface area contributed by atoms with Crippen LogP contribution >= 0.6 is 0 Å². The molecule has 0 unspecified atom stereocenters. The van der Waals surface area contributed by atoms with Crippen molar-refractivity contribution < 1.29 is 71.2 Å². The number of benzene rings is 2. The van der Waals surface area contributed by atoms with E-state index < -0.39 is 6.09 Å². The average molecular weight is 964 g/mol. The molecule has 0 fully saturated rings. The molecule has 1 amide bonds. The van der Waals surface area contributed by atoms with E-state index in [0.717, 1.165) is 12.8 Å². The van der Waals surface area contributed by atoms with Gasteiger partial charge in [0.15, 0.2) is 0 Å². The lowest BCUT2D eigenvalue weighted by molar-refractivity contribution is -0.145. The molecule has 0 aliphatic heterocycles. The van der Waals surface area contributed by atoms with Crippen LogP contribution in [0.3, 0.4) is 0 Å². The van der Waals surface area contributed by atoms with Crippen molar-refractivity contribution in [3.8, 4) is 11.1 Å². The lowest BCUT2D eigenvalue weighted by atomic mass is 9.98. The van der Waals surface area contributed by atoms with Gasteiger partial charge in [0.25, 0.3) is 0 Å². The quantitative estimate of drug-likeness (QED) is 0.0510. The molecular formula is C52H85NO15. The first-order chi connectivity index (χ1) is 33.7. The largest absolute Gasteiger partial charge is 0.463 e. The number of hydrogen-bond acceptors (Lipinski definition) is 15. The standard InChI is InChI=1S/C52H85NO15/c1-2-3-4-5-6-7-8-9-10-20-51(54)67-44-43-66-42-41-65-40-39-64-38-37-63-36-35-62-34-33-61-32-31-60-30-29-59-28-27-58-26-25-57-24-23-56-22-15-21-53-52(55)68-45-50-48-18-13-11-16-46(48)47-17-12-14-19-49(47)50/h11-14,16-19,50H,2-10,15,20-45H2,1H3,(H,53,55). The van der Waals surface area contributed by atoms with Crippen molar-refractivity contribution in [1.29, 1.82) is 0 Å². The van der Waals surface area contributed by atoms with Crippen LogP contribution in [0.1, 0.15) is 94.6 Å². The molecule has 2 aromatic rings. The molecular weight excluding hydrogens is 879 g/mol. The van der Waals surface area contributed by atoms with Gasteiger partial charge in [-0.2, -0.15) is 0 Å². The molecule has 0 bridgehead atoms. The molecule has 1 N–H and O–H groups in total. The maximum Gasteiger partial charge on any atom is 0.407 e. The molecule has 1 aliphatic rings. The maximum absolute atomic E-state index is 12.3. The summed E-state index contributed by atoms with van der Waals surface area (Å²) >= 11 is 0. The highest BCUT2D eigenvalue weighted by Gasteiger charge is 2.29. The maximum atomic E-state index is 12.3. The van der Waals surface area contributed by atoms with E-state index in [1.54, 1.807) is 0 Å². The van der Waals surface area contributed by atoms with Crippen molar-refractivity contribution in [2.24, 2.45) is 0 Å². The smallest absolute Gasteiger partial charge is 0.407 e. The highest BCUT2D eigenvalue weighted by Crippen LogP contribution is 2.44. The number of carbonyl (C=O) groups is 2. The van der Waals surface area contributed by atoms with Crippen LogP contribution in [0.25, 0.3) is 11.1 Å². The summed E-state index contributed by atoms with van der Waals surface area (Å²) in [5.74, 6) is -0.0961. The fourth-order valence-electron chi connectivity index (χ4n) is 7.18. The normalized spacial score (nSPS) is 12.1. The van der Waals surface area contributed by atoms with Crippen molar-refractivity contribution in [3.05, 3.63) is 59.7 Å². The number of fused-ring (bicyclic) bond motifs is 3. The molecule has 0 aromatic heterocycles. The van der Waals surface area contributed by atoms with Crippen molar-refractivity contribution >= 4 is 12.1 Å². The van der Waals surface area contributed by atoms with E-state index in [1.165, 1.54) is 67.2 Å². The highest BCUT2D eigenvalue weighted by atomic mass is 16.6. The molecule has 0 spiro atoms. The summed E-state index contributed by atoms with van der Waals surface area (Å²) in [6.45, 7) is 13.8. The van der Waals surface area contributed by atoms with Gasteiger partial charge in [0.1, 0.15) is 13.2 Å². The first kappa shape index (κ1) is 59.1. The number of unbranched alkanes of at least 4 members (excludes halogenated alkanes) is 8. The third-order valence-corrected chi connectivity index (χ3v) is 10.8. The van der Waals surface area contributed by atoms with E-state index in [0.29, 0.717) is 171 Å².